The Kier molecular flexibility index (Phi) is 4.22. The highest BCUT2D eigenvalue weighted by molar-refractivity contribution is 9.10. The number of hydrogen-bond acceptors (Lipinski definition) is 7. The van der Waals surface area contributed by atoms with Crippen molar-refractivity contribution in [2.24, 2.45) is 0 Å². The molecule has 0 amide bonds. The number of allylic oxidation sites excluding steroid dienone is 1. The topological polar surface area (TPSA) is 102 Å². The number of fused-ring (bicyclic) bond motifs is 2. The van der Waals surface area contributed by atoms with Gasteiger partial charge >= 0.3 is 5.97 Å². The lowest BCUT2D eigenvalue weighted by atomic mass is 10.0. The second kappa shape index (κ2) is 6.45. The molecule has 0 saturated heterocycles. The summed E-state index contributed by atoms with van der Waals surface area (Å²) >= 11 is 3.38. The molecule has 1 N–H and O–H groups in total. The number of anilines is 1. The highest BCUT2D eigenvalue weighted by Gasteiger charge is 2.33. The van der Waals surface area contributed by atoms with Crippen LogP contribution in [0.4, 0.5) is 5.95 Å². The molecule has 3 aromatic rings. The van der Waals surface area contributed by atoms with Crippen LogP contribution in [0.25, 0.3) is 11.2 Å². The monoisotopic (exact) mass is 431 g/mol. The van der Waals surface area contributed by atoms with Crippen molar-refractivity contribution in [1.82, 2.24) is 29.7 Å². The van der Waals surface area contributed by atoms with Gasteiger partial charge < -0.3 is 14.6 Å². The quantitative estimate of drug-likeness (QED) is 0.635. The number of nitrogens with zero attached hydrogens (tertiary/aromatic N) is 6. The maximum Gasteiger partial charge on any atom is 0.338 e. The van der Waals surface area contributed by atoms with Gasteiger partial charge in [-0.15, -0.1) is 0 Å². The van der Waals surface area contributed by atoms with Crippen LogP contribution in [0.15, 0.2) is 34.3 Å². The van der Waals surface area contributed by atoms with Crippen LogP contribution in [0.3, 0.4) is 0 Å². The molecule has 0 radical (unpaired) electrons. The zero-order valence-electron chi connectivity index (χ0n) is 15.3. The minimum absolute atomic E-state index is 0.272. The first-order valence-corrected chi connectivity index (χ1v) is 9.22. The van der Waals surface area contributed by atoms with Crippen molar-refractivity contribution < 1.29 is 9.53 Å². The van der Waals surface area contributed by atoms with Gasteiger partial charge in [-0.3, -0.25) is 0 Å². The number of carbonyl (C=O) groups is 1. The summed E-state index contributed by atoms with van der Waals surface area (Å²) in [7, 11) is 1.85. The number of ether oxygens (including phenoxy) is 1. The summed E-state index contributed by atoms with van der Waals surface area (Å²) in [5.74, 6) is 0.828. The van der Waals surface area contributed by atoms with E-state index in [2.05, 4.69) is 41.0 Å². The molecular formula is C17H18BrN7O2. The van der Waals surface area contributed by atoms with Crippen molar-refractivity contribution in [3.05, 3.63) is 40.2 Å². The van der Waals surface area contributed by atoms with Crippen LogP contribution in [0, 0.1) is 0 Å². The van der Waals surface area contributed by atoms with Crippen molar-refractivity contribution >= 4 is 39.0 Å². The lowest BCUT2D eigenvalue weighted by molar-refractivity contribution is -0.144. The van der Waals surface area contributed by atoms with Gasteiger partial charge in [0, 0.05) is 23.4 Å². The van der Waals surface area contributed by atoms with Crippen molar-refractivity contribution in [2.45, 2.75) is 32.9 Å². The van der Waals surface area contributed by atoms with Gasteiger partial charge in [-0.25, -0.2) is 19.4 Å². The molecule has 0 fully saturated rings. The van der Waals surface area contributed by atoms with E-state index in [4.69, 9.17) is 4.74 Å². The first-order valence-electron chi connectivity index (χ1n) is 8.43. The highest BCUT2D eigenvalue weighted by Crippen LogP contribution is 2.33. The summed E-state index contributed by atoms with van der Waals surface area (Å²) in [5, 5.41) is 4.22. The van der Waals surface area contributed by atoms with E-state index in [0.717, 1.165) is 15.7 Å². The third kappa shape index (κ3) is 2.89. The maximum atomic E-state index is 12.9. The number of halogens is 1. The molecule has 0 bridgehead atoms. The van der Waals surface area contributed by atoms with Crippen LogP contribution < -0.4 is 4.90 Å². The van der Waals surface area contributed by atoms with Crippen molar-refractivity contribution in [3.8, 4) is 0 Å². The predicted molar refractivity (Wildman–Crippen MR) is 102 cm³/mol. The molecule has 4 rings (SSSR count). The van der Waals surface area contributed by atoms with Crippen molar-refractivity contribution in [2.75, 3.05) is 11.9 Å². The third-order valence-electron chi connectivity index (χ3n) is 4.74. The maximum absolute atomic E-state index is 12.9. The second-order valence-electron chi connectivity index (χ2n) is 6.43. The van der Waals surface area contributed by atoms with Gasteiger partial charge in [0.1, 0.15) is 12.2 Å². The first-order chi connectivity index (χ1) is 12.9. The molecule has 2 atom stereocenters. The van der Waals surface area contributed by atoms with Gasteiger partial charge in [-0.2, -0.15) is 10.1 Å². The van der Waals surface area contributed by atoms with E-state index in [-0.39, 0.29) is 6.04 Å². The summed E-state index contributed by atoms with van der Waals surface area (Å²) in [6.07, 6.45) is 2.60. The number of H-pyrrole nitrogens is 1. The SMILES string of the molecule is CC1=C(C(=O)O[C@@H](C)c2nc3ncc(Br)cc3[nH]2)[C@H](C)n2ncnc2N1C. The number of aromatic nitrogens is 6. The highest BCUT2D eigenvalue weighted by atomic mass is 79.9. The van der Waals surface area contributed by atoms with Gasteiger partial charge in [0.2, 0.25) is 5.95 Å². The zero-order chi connectivity index (χ0) is 19.3. The fourth-order valence-corrected chi connectivity index (χ4v) is 3.53. The van der Waals surface area contributed by atoms with Gasteiger partial charge in [0.15, 0.2) is 11.8 Å². The molecule has 9 nitrogen and oxygen atoms in total. The molecule has 4 heterocycles. The Morgan fingerprint density at radius 3 is 2.96 bits per heavy atom. The van der Waals surface area contributed by atoms with Gasteiger partial charge in [-0.1, -0.05) is 0 Å². The Labute approximate surface area is 163 Å². The molecule has 0 spiro atoms. The smallest absolute Gasteiger partial charge is 0.338 e. The van der Waals surface area contributed by atoms with Crippen molar-refractivity contribution in [3.63, 3.8) is 0 Å². The number of esters is 1. The summed E-state index contributed by atoms with van der Waals surface area (Å²) in [6.45, 7) is 5.55. The van der Waals surface area contributed by atoms with Crippen molar-refractivity contribution in [1.29, 1.82) is 0 Å². The van der Waals surface area contributed by atoms with E-state index < -0.39 is 12.1 Å². The van der Waals surface area contributed by atoms with Crippen LogP contribution in [0.1, 0.15) is 38.7 Å². The number of nitrogens with one attached hydrogen (secondary N) is 1. The van der Waals surface area contributed by atoms with E-state index in [9.17, 15) is 4.79 Å². The van der Waals surface area contributed by atoms with E-state index in [1.54, 1.807) is 17.8 Å². The molecule has 0 aliphatic carbocycles. The van der Waals surface area contributed by atoms with E-state index in [1.807, 2.05) is 31.9 Å². The third-order valence-corrected chi connectivity index (χ3v) is 5.18. The van der Waals surface area contributed by atoms with Crippen LogP contribution in [0.5, 0.6) is 0 Å². The zero-order valence-corrected chi connectivity index (χ0v) is 16.9. The van der Waals surface area contributed by atoms with Crippen LogP contribution >= 0.6 is 15.9 Å². The normalized spacial score (nSPS) is 18.0. The summed E-state index contributed by atoms with van der Waals surface area (Å²) in [6, 6.07) is 1.61. The van der Waals surface area contributed by atoms with Gasteiger partial charge in [-0.05, 0) is 42.8 Å². The van der Waals surface area contributed by atoms with Crippen LogP contribution in [0.2, 0.25) is 0 Å². The van der Waals surface area contributed by atoms with Crippen LogP contribution in [-0.2, 0) is 9.53 Å². The van der Waals surface area contributed by atoms with Crippen LogP contribution in [-0.4, -0.2) is 42.7 Å². The number of hydrogen-bond donors (Lipinski definition) is 1. The Hall–Kier alpha value is -2.75. The molecule has 140 valence electrons. The lowest BCUT2D eigenvalue weighted by Crippen LogP contribution is -2.33. The molecule has 27 heavy (non-hydrogen) atoms. The Balaban J connectivity index is 1.60. The average molecular weight is 432 g/mol. The molecule has 10 heteroatoms. The molecule has 0 unspecified atom stereocenters. The van der Waals surface area contributed by atoms with E-state index in [0.29, 0.717) is 23.0 Å². The predicted octanol–water partition coefficient (Wildman–Crippen LogP) is 2.90. The molecular weight excluding hydrogens is 414 g/mol. The fraction of sp³-hybridized carbons (Fsp3) is 0.353. The number of carbonyl (C=O) groups excluding carboxylic acids is 1. The number of pyridine rings is 1. The van der Waals surface area contributed by atoms with Gasteiger partial charge in [0.25, 0.3) is 0 Å². The number of aromatic amines is 1. The lowest BCUT2D eigenvalue weighted by Gasteiger charge is -2.31. The Morgan fingerprint density at radius 2 is 2.19 bits per heavy atom. The fourth-order valence-electron chi connectivity index (χ4n) is 3.20. The molecule has 1 aliphatic rings. The Bertz CT molecular complexity index is 1070. The summed E-state index contributed by atoms with van der Waals surface area (Å²) in [4.78, 5) is 30.8. The molecule has 0 saturated carbocycles. The molecule has 1 aliphatic heterocycles. The standard InChI is InChI=1S/C17H18BrN7O2/c1-8-13(9(2)25-17(24(8)4)20-7-21-25)16(26)27-10(3)14-22-12-5-11(18)6-19-15(12)23-14/h5-7,9-10H,1-4H3,(H,19,22,23)/t9-,10-/m0/s1. The summed E-state index contributed by atoms with van der Waals surface area (Å²) < 4.78 is 8.25. The first kappa shape index (κ1) is 17.7. The minimum atomic E-state index is -0.555. The molecule has 0 aromatic carbocycles. The number of rotatable bonds is 3. The average Bonchev–Trinajstić information content (AvgIpc) is 3.26. The Morgan fingerprint density at radius 1 is 1.41 bits per heavy atom. The van der Waals surface area contributed by atoms with Gasteiger partial charge in [0.05, 0.1) is 17.1 Å². The molecule has 3 aromatic heterocycles. The largest absolute Gasteiger partial charge is 0.451 e. The number of imidazole rings is 1. The summed E-state index contributed by atoms with van der Waals surface area (Å²) in [5.41, 5.74) is 2.68. The minimum Gasteiger partial charge on any atom is -0.451 e. The van der Waals surface area contributed by atoms with E-state index in [1.165, 1.54) is 6.33 Å². The second-order valence-corrected chi connectivity index (χ2v) is 7.35. The van der Waals surface area contributed by atoms with E-state index >= 15 is 0 Å².